The predicted octanol–water partition coefficient (Wildman–Crippen LogP) is 18.8. The number of hydrogen-bond donors (Lipinski definition) is 0. The van der Waals surface area contributed by atoms with E-state index in [1.807, 2.05) is 0 Å². The molecule has 0 amide bonds. The lowest BCUT2D eigenvalue weighted by molar-refractivity contribution is -0.00529. The van der Waals surface area contributed by atoms with Gasteiger partial charge in [-0.1, -0.05) is 135 Å². The van der Waals surface area contributed by atoms with E-state index in [4.69, 9.17) is 0 Å². The molecule has 73 heavy (non-hydrogen) atoms. The number of benzene rings is 8. The van der Waals surface area contributed by atoms with Gasteiger partial charge in [-0.15, -0.1) is 0 Å². The van der Waals surface area contributed by atoms with Crippen LogP contribution >= 0.6 is 0 Å². The highest BCUT2D eigenvalue weighted by molar-refractivity contribution is 6.15. The maximum atomic E-state index is 2.63. The van der Waals surface area contributed by atoms with Gasteiger partial charge < -0.3 is 9.47 Å². The summed E-state index contributed by atoms with van der Waals surface area (Å²) in [5.74, 6) is 5.54. The van der Waals surface area contributed by atoms with Crippen molar-refractivity contribution in [3.05, 3.63) is 204 Å². The van der Waals surface area contributed by atoms with Crippen molar-refractivity contribution < 1.29 is 0 Å². The predicted molar refractivity (Wildman–Crippen MR) is 304 cm³/mol. The lowest BCUT2D eigenvalue weighted by Crippen LogP contribution is -2.48. The molecule has 9 aromatic rings. The van der Waals surface area contributed by atoms with Crippen molar-refractivity contribution in [3.63, 3.8) is 0 Å². The summed E-state index contributed by atoms with van der Waals surface area (Å²) >= 11 is 0. The normalized spacial score (nSPS) is 27.7. The number of hydrogen-bond acceptors (Lipinski definition) is 1. The summed E-state index contributed by atoms with van der Waals surface area (Å²) in [6.07, 6.45) is 17.2. The topological polar surface area (TPSA) is 8.17 Å². The molecule has 8 fully saturated rings. The standard InChI is InChI=1S/C71H66N2/c1-69(2)64-38-59(72(57-23-19-54(20-24-57)70-39-45-30-46(40-70)32-47(31-45)41-70)58-25-21-55(22-26-58)71-42-48-33-49(43-71)35-50(34-48)44-71)37-62(52-14-8-4-9-15-52)66(64)61-28-27-60-63-36-53(51-12-6-3-7-13-51)18-29-65(63)73(68(60)67(61)69)56-16-10-5-11-17-56/h3-29,36-38,45-50H,30-35,39-44H2,1-2H3. The van der Waals surface area contributed by atoms with Crippen LogP contribution in [0, 0.1) is 35.5 Å². The van der Waals surface area contributed by atoms with Gasteiger partial charge in [-0.05, 0) is 240 Å². The molecule has 0 atom stereocenters. The molecule has 0 aliphatic heterocycles. The van der Waals surface area contributed by atoms with Crippen LogP contribution < -0.4 is 4.90 Å². The Balaban J connectivity index is 0.891. The molecule has 0 saturated heterocycles. The Morgan fingerprint density at radius 1 is 0.411 bits per heavy atom. The number of nitrogens with zero attached hydrogens (tertiary/aromatic N) is 2. The SMILES string of the molecule is CC1(C)c2cc(N(c3ccc(C45CC6CC(CC(C6)C4)C5)cc3)c3ccc(C45CC6CC(CC(C6)C4)C5)cc3)cc(-c3ccccc3)c2-c2ccc3c4cc(-c5ccccc5)ccc4n(-c4ccccc4)c3c21. The fraction of sp³-hybridized carbons (Fsp3) is 0.324. The summed E-state index contributed by atoms with van der Waals surface area (Å²) in [7, 11) is 0. The molecule has 360 valence electrons. The Morgan fingerprint density at radius 3 is 1.42 bits per heavy atom. The van der Waals surface area contributed by atoms with E-state index in [1.165, 1.54) is 166 Å². The van der Waals surface area contributed by atoms with E-state index in [9.17, 15) is 0 Å². The summed E-state index contributed by atoms with van der Waals surface area (Å²) in [6, 6.07) is 70.6. The summed E-state index contributed by atoms with van der Waals surface area (Å²) in [6.45, 7) is 5.01. The average Bonchev–Trinajstić information content (AvgIpc) is 3.88. The van der Waals surface area contributed by atoms with E-state index in [0.717, 1.165) is 35.5 Å². The summed E-state index contributed by atoms with van der Waals surface area (Å²) in [5.41, 5.74) is 21.6. The highest BCUT2D eigenvalue weighted by Crippen LogP contribution is 2.63. The van der Waals surface area contributed by atoms with Gasteiger partial charge >= 0.3 is 0 Å². The third-order valence-electron chi connectivity index (χ3n) is 20.6. The first-order valence-electron chi connectivity index (χ1n) is 28.2. The zero-order chi connectivity index (χ0) is 48.2. The van der Waals surface area contributed by atoms with E-state index in [-0.39, 0.29) is 5.41 Å². The molecule has 0 radical (unpaired) electrons. The molecule has 2 heteroatoms. The van der Waals surface area contributed by atoms with Crippen molar-refractivity contribution in [2.75, 3.05) is 4.90 Å². The van der Waals surface area contributed by atoms with Crippen LogP contribution in [-0.4, -0.2) is 4.57 Å². The minimum Gasteiger partial charge on any atom is -0.310 e. The number of para-hydroxylation sites is 1. The fourth-order valence-electron chi connectivity index (χ4n) is 18.4. The second-order valence-corrected chi connectivity index (χ2v) is 25.4. The van der Waals surface area contributed by atoms with E-state index in [0.29, 0.717) is 10.8 Å². The van der Waals surface area contributed by atoms with Crippen LogP contribution in [0.4, 0.5) is 17.1 Å². The Kier molecular flexibility index (Phi) is 9.20. The van der Waals surface area contributed by atoms with Gasteiger partial charge in [0.1, 0.15) is 0 Å². The number of rotatable bonds is 8. The van der Waals surface area contributed by atoms with Crippen molar-refractivity contribution >= 4 is 38.9 Å². The molecule has 0 spiro atoms. The van der Waals surface area contributed by atoms with Crippen molar-refractivity contribution in [1.82, 2.24) is 4.57 Å². The molecule has 9 aliphatic rings. The summed E-state index contributed by atoms with van der Waals surface area (Å²) < 4.78 is 2.57. The van der Waals surface area contributed by atoms with Gasteiger partial charge in [0.05, 0.1) is 11.0 Å². The van der Waals surface area contributed by atoms with Gasteiger partial charge in [0.25, 0.3) is 0 Å². The maximum absolute atomic E-state index is 2.63. The third-order valence-corrected chi connectivity index (χ3v) is 20.6. The molecular weight excluding hydrogens is 881 g/mol. The van der Waals surface area contributed by atoms with Gasteiger partial charge in [0.2, 0.25) is 0 Å². The highest BCUT2D eigenvalue weighted by atomic mass is 15.1. The quantitative estimate of drug-likeness (QED) is 0.147. The van der Waals surface area contributed by atoms with Crippen LogP contribution in [0.2, 0.25) is 0 Å². The molecular formula is C71H66N2. The zero-order valence-electron chi connectivity index (χ0n) is 42.7. The first-order chi connectivity index (χ1) is 35.8. The first kappa shape index (κ1) is 42.8. The van der Waals surface area contributed by atoms with Crippen molar-refractivity contribution in [2.45, 2.75) is 107 Å². The monoisotopic (exact) mass is 947 g/mol. The largest absolute Gasteiger partial charge is 0.310 e. The molecule has 9 aliphatic carbocycles. The molecule has 2 nitrogen and oxygen atoms in total. The lowest BCUT2D eigenvalue weighted by atomic mass is 9.48. The van der Waals surface area contributed by atoms with Gasteiger partial charge in [-0.25, -0.2) is 0 Å². The third kappa shape index (κ3) is 6.47. The fourth-order valence-corrected chi connectivity index (χ4v) is 18.4. The number of aromatic nitrogens is 1. The Morgan fingerprint density at radius 2 is 0.904 bits per heavy atom. The zero-order valence-corrected chi connectivity index (χ0v) is 42.7. The van der Waals surface area contributed by atoms with Gasteiger partial charge in [0.15, 0.2) is 0 Å². The van der Waals surface area contributed by atoms with E-state index < -0.39 is 0 Å². The number of fused-ring (bicyclic) bond motifs is 7. The summed E-state index contributed by atoms with van der Waals surface area (Å²) in [4.78, 5) is 2.63. The van der Waals surface area contributed by atoms with E-state index in [1.54, 1.807) is 11.1 Å². The van der Waals surface area contributed by atoms with Crippen LogP contribution in [-0.2, 0) is 16.2 Å². The maximum Gasteiger partial charge on any atom is 0.0588 e. The molecule has 0 N–H and O–H groups in total. The molecule has 1 aromatic heterocycles. The van der Waals surface area contributed by atoms with E-state index in [2.05, 4.69) is 205 Å². The molecule has 8 aromatic carbocycles. The first-order valence-corrected chi connectivity index (χ1v) is 28.2. The van der Waals surface area contributed by atoms with Crippen LogP contribution in [0.5, 0.6) is 0 Å². The van der Waals surface area contributed by atoms with Crippen LogP contribution in [0.1, 0.15) is 113 Å². The van der Waals surface area contributed by atoms with Gasteiger partial charge in [-0.3, -0.25) is 0 Å². The Bertz CT molecular complexity index is 3480. The lowest BCUT2D eigenvalue weighted by Gasteiger charge is -2.57. The Hall–Kier alpha value is -6.64. The minimum absolute atomic E-state index is 0.330. The molecule has 18 rings (SSSR count). The van der Waals surface area contributed by atoms with Crippen molar-refractivity contribution in [2.24, 2.45) is 35.5 Å². The van der Waals surface area contributed by atoms with Crippen LogP contribution in [0.15, 0.2) is 182 Å². The van der Waals surface area contributed by atoms with Gasteiger partial charge in [-0.2, -0.15) is 0 Å². The smallest absolute Gasteiger partial charge is 0.0588 e. The van der Waals surface area contributed by atoms with Gasteiger partial charge in [0, 0.05) is 38.9 Å². The number of anilines is 3. The highest BCUT2D eigenvalue weighted by Gasteiger charge is 2.53. The molecule has 1 heterocycles. The summed E-state index contributed by atoms with van der Waals surface area (Å²) in [5, 5.41) is 2.59. The second-order valence-electron chi connectivity index (χ2n) is 25.4. The molecule has 8 bridgehead atoms. The minimum atomic E-state index is -0.330. The van der Waals surface area contributed by atoms with Crippen LogP contribution in [0.25, 0.3) is 60.9 Å². The molecule has 8 saturated carbocycles. The second kappa shape index (κ2) is 15.7. The van der Waals surface area contributed by atoms with E-state index >= 15 is 0 Å². The molecule has 0 unspecified atom stereocenters. The average molecular weight is 947 g/mol. The van der Waals surface area contributed by atoms with Crippen LogP contribution in [0.3, 0.4) is 0 Å². The van der Waals surface area contributed by atoms with Crippen molar-refractivity contribution in [1.29, 1.82) is 0 Å². The van der Waals surface area contributed by atoms with Crippen molar-refractivity contribution in [3.8, 4) is 39.1 Å². The Labute approximate surface area is 432 Å².